The van der Waals surface area contributed by atoms with Gasteiger partial charge in [-0.2, -0.15) is 0 Å². The number of likely N-dealkylation sites (N-methyl/N-ethyl adjacent to an activating group) is 2. The molecular weight excluding hydrogens is 230 g/mol. The molecular formula is C13H28N3O2+. The van der Waals surface area contributed by atoms with Crippen LogP contribution in [-0.4, -0.2) is 58.1 Å². The number of hydrogen-bond donors (Lipinski definition) is 2. The van der Waals surface area contributed by atoms with E-state index < -0.39 is 0 Å². The normalized spacial score (nSPS) is 8.56. The second kappa shape index (κ2) is 13.4. The van der Waals surface area contributed by atoms with Crippen molar-refractivity contribution in [3.8, 4) is 0 Å². The van der Waals surface area contributed by atoms with Crippen LogP contribution in [0.1, 0.15) is 6.92 Å². The SMILES string of the molecule is C=CC(=O)NC.C=CC(=O)NC.CC[N+](C)(C)C. The third kappa shape index (κ3) is 29.3. The van der Waals surface area contributed by atoms with Crippen molar-refractivity contribution in [3.05, 3.63) is 25.3 Å². The summed E-state index contributed by atoms with van der Waals surface area (Å²) in [5.41, 5.74) is 0. The summed E-state index contributed by atoms with van der Waals surface area (Å²) in [5, 5.41) is 4.72. The zero-order chi connectivity index (χ0) is 15.2. The number of quaternary nitrogens is 1. The molecule has 0 radical (unpaired) electrons. The maximum Gasteiger partial charge on any atom is 0.243 e. The fourth-order valence-electron chi connectivity index (χ4n) is 0.204. The standard InChI is InChI=1S/C5H14N.2C4H7NO/c1-5-6(2,3)4;2*1-3-4(6)5-2/h5H2,1-4H3;2*3H,1H2,2H3,(H,5,6)/q+1;;. The Morgan fingerprint density at radius 1 is 1.00 bits per heavy atom. The Balaban J connectivity index is -0.000000187. The van der Waals surface area contributed by atoms with E-state index in [4.69, 9.17) is 0 Å². The lowest BCUT2D eigenvalue weighted by Gasteiger charge is -2.20. The van der Waals surface area contributed by atoms with Crippen LogP contribution in [0.5, 0.6) is 0 Å². The first-order chi connectivity index (χ1) is 8.18. The molecule has 0 unspecified atom stereocenters. The summed E-state index contributed by atoms with van der Waals surface area (Å²) in [6.45, 7) is 9.83. The average Bonchev–Trinajstić information content (AvgIpc) is 2.37. The number of carbonyl (C=O) groups is 2. The molecule has 0 aliphatic carbocycles. The summed E-state index contributed by atoms with van der Waals surface area (Å²) in [5.74, 6) is -0.287. The van der Waals surface area contributed by atoms with E-state index in [2.05, 4.69) is 51.9 Å². The number of nitrogens with one attached hydrogen (secondary N) is 2. The van der Waals surface area contributed by atoms with E-state index in [9.17, 15) is 9.59 Å². The molecule has 0 saturated heterocycles. The molecule has 0 aromatic carbocycles. The summed E-state index contributed by atoms with van der Waals surface area (Å²) in [6.07, 6.45) is 2.44. The van der Waals surface area contributed by atoms with Crippen molar-refractivity contribution < 1.29 is 14.1 Å². The van der Waals surface area contributed by atoms with Crippen molar-refractivity contribution in [2.24, 2.45) is 0 Å². The van der Waals surface area contributed by atoms with Gasteiger partial charge in [0, 0.05) is 14.1 Å². The highest BCUT2D eigenvalue weighted by atomic mass is 16.2. The van der Waals surface area contributed by atoms with Gasteiger partial charge < -0.3 is 15.1 Å². The third-order valence-corrected chi connectivity index (χ3v) is 1.81. The topological polar surface area (TPSA) is 58.2 Å². The van der Waals surface area contributed by atoms with Crippen molar-refractivity contribution >= 4 is 11.8 Å². The highest BCUT2D eigenvalue weighted by Crippen LogP contribution is 1.83. The number of nitrogens with zero attached hydrogens (tertiary/aromatic N) is 1. The van der Waals surface area contributed by atoms with Crippen molar-refractivity contribution in [2.45, 2.75) is 6.92 Å². The van der Waals surface area contributed by atoms with Crippen LogP contribution < -0.4 is 10.6 Å². The fraction of sp³-hybridized carbons (Fsp3) is 0.538. The predicted molar refractivity (Wildman–Crippen MR) is 77.1 cm³/mol. The van der Waals surface area contributed by atoms with Crippen molar-refractivity contribution in [2.75, 3.05) is 41.8 Å². The van der Waals surface area contributed by atoms with E-state index in [0.717, 1.165) is 4.48 Å². The fourth-order valence-corrected chi connectivity index (χ4v) is 0.204. The first-order valence-electron chi connectivity index (χ1n) is 5.67. The lowest BCUT2D eigenvalue weighted by atomic mass is 10.6. The molecule has 0 heterocycles. The molecule has 0 bridgehead atoms. The Kier molecular flexibility index (Phi) is 16.2. The Morgan fingerprint density at radius 2 is 1.22 bits per heavy atom. The molecule has 0 aromatic rings. The maximum absolute atomic E-state index is 9.95. The summed E-state index contributed by atoms with van der Waals surface area (Å²) in [4.78, 5) is 19.9. The van der Waals surface area contributed by atoms with Gasteiger partial charge in [-0.25, -0.2) is 0 Å². The summed E-state index contributed by atoms with van der Waals surface area (Å²) < 4.78 is 1.07. The van der Waals surface area contributed by atoms with Gasteiger partial charge in [-0.3, -0.25) is 9.59 Å². The van der Waals surface area contributed by atoms with Crippen molar-refractivity contribution in [1.82, 2.24) is 10.6 Å². The van der Waals surface area contributed by atoms with Crippen LogP contribution in [0, 0.1) is 0 Å². The Bertz CT molecular complexity index is 235. The molecule has 0 spiro atoms. The summed E-state index contributed by atoms with van der Waals surface area (Å²) in [6, 6.07) is 0. The van der Waals surface area contributed by atoms with Crippen molar-refractivity contribution in [1.29, 1.82) is 0 Å². The molecule has 0 fully saturated rings. The van der Waals surface area contributed by atoms with Crippen LogP contribution in [0.3, 0.4) is 0 Å². The smallest absolute Gasteiger partial charge is 0.243 e. The van der Waals surface area contributed by atoms with Crippen molar-refractivity contribution in [3.63, 3.8) is 0 Å². The Labute approximate surface area is 111 Å². The highest BCUT2D eigenvalue weighted by molar-refractivity contribution is 5.86. The van der Waals surface area contributed by atoms with E-state index >= 15 is 0 Å². The van der Waals surface area contributed by atoms with Gasteiger partial charge in [0.25, 0.3) is 0 Å². The second-order valence-electron chi connectivity index (χ2n) is 4.24. The van der Waals surface area contributed by atoms with Crippen LogP contribution in [-0.2, 0) is 9.59 Å². The van der Waals surface area contributed by atoms with Crippen LogP contribution in [0.15, 0.2) is 25.3 Å². The van der Waals surface area contributed by atoms with E-state index in [1.807, 2.05) is 0 Å². The monoisotopic (exact) mass is 258 g/mol. The minimum atomic E-state index is -0.144. The third-order valence-electron chi connectivity index (χ3n) is 1.81. The summed E-state index contributed by atoms with van der Waals surface area (Å²) >= 11 is 0. The van der Waals surface area contributed by atoms with E-state index in [-0.39, 0.29) is 11.8 Å². The summed E-state index contributed by atoms with van der Waals surface area (Å²) in [7, 11) is 9.66. The Morgan fingerprint density at radius 3 is 1.22 bits per heavy atom. The predicted octanol–water partition coefficient (Wildman–Crippen LogP) is 0.549. The zero-order valence-electron chi connectivity index (χ0n) is 12.5. The first-order valence-corrected chi connectivity index (χ1v) is 5.67. The van der Waals surface area contributed by atoms with Gasteiger partial charge in [-0.05, 0) is 19.1 Å². The van der Waals surface area contributed by atoms with Crippen LogP contribution in [0.2, 0.25) is 0 Å². The lowest BCUT2D eigenvalue weighted by Crippen LogP contribution is -2.33. The first kappa shape index (κ1) is 21.6. The van der Waals surface area contributed by atoms with E-state index in [0.29, 0.717) is 0 Å². The Hall–Kier alpha value is -1.62. The minimum absolute atomic E-state index is 0.144. The molecule has 0 aromatic heterocycles. The highest BCUT2D eigenvalue weighted by Gasteiger charge is 1.97. The quantitative estimate of drug-likeness (QED) is 0.574. The van der Waals surface area contributed by atoms with Gasteiger partial charge in [0.05, 0.1) is 27.7 Å². The second-order valence-corrected chi connectivity index (χ2v) is 4.24. The number of carbonyl (C=O) groups excluding carboxylic acids is 2. The molecule has 2 amide bonds. The van der Waals surface area contributed by atoms with Gasteiger partial charge in [0.15, 0.2) is 0 Å². The number of amides is 2. The zero-order valence-corrected chi connectivity index (χ0v) is 12.5. The molecule has 5 heteroatoms. The number of hydrogen-bond acceptors (Lipinski definition) is 2. The largest absolute Gasteiger partial charge is 0.356 e. The molecule has 0 rings (SSSR count). The van der Waals surface area contributed by atoms with Gasteiger partial charge in [0.2, 0.25) is 11.8 Å². The van der Waals surface area contributed by atoms with Crippen LogP contribution in [0.4, 0.5) is 0 Å². The molecule has 0 aliphatic heterocycles. The van der Waals surface area contributed by atoms with Crippen LogP contribution in [0.25, 0.3) is 0 Å². The molecule has 5 nitrogen and oxygen atoms in total. The average molecular weight is 258 g/mol. The molecule has 18 heavy (non-hydrogen) atoms. The van der Waals surface area contributed by atoms with E-state index in [1.165, 1.54) is 18.7 Å². The molecule has 0 aliphatic rings. The molecule has 106 valence electrons. The van der Waals surface area contributed by atoms with Gasteiger partial charge in [0.1, 0.15) is 0 Å². The maximum atomic E-state index is 9.95. The van der Waals surface area contributed by atoms with Gasteiger partial charge in [-0.15, -0.1) is 0 Å². The minimum Gasteiger partial charge on any atom is -0.356 e. The van der Waals surface area contributed by atoms with E-state index in [1.54, 1.807) is 14.1 Å². The molecule has 0 atom stereocenters. The number of rotatable bonds is 3. The van der Waals surface area contributed by atoms with Crippen LogP contribution >= 0.6 is 0 Å². The molecule has 0 saturated carbocycles. The van der Waals surface area contributed by atoms with Gasteiger partial charge >= 0.3 is 0 Å². The lowest BCUT2D eigenvalue weighted by molar-refractivity contribution is -0.868. The molecule has 2 N–H and O–H groups in total. The van der Waals surface area contributed by atoms with Gasteiger partial charge in [-0.1, -0.05) is 13.2 Å².